The summed E-state index contributed by atoms with van der Waals surface area (Å²) in [5.74, 6) is -0.643. The lowest BCUT2D eigenvalue weighted by atomic mass is 10.1. The number of methoxy groups -OCH3 is 3. The van der Waals surface area contributed by atoms with E-state index in [-0.39, 0.29) is 41.1 Å². The van der Waals surface area contributed by atoms with Crippen molar-refractivity contribution in [2.45, 2.75) is 6.42 Å². The molecule has 0 spiro atoms. The van der Waals surface area contributed by atoms with Gasteiger partial charge in [-0.15, -0.1) is 0 Å². The van der Waals surface area contributed by atoms with Crippen molar-refractivity contribution in [1.82, 2.24) is 19.9 Å². The molecule has 278 valence electrons. The predicted molar refractivity (Wildman–Crippen MR) is 203 cm³/mol. The van der Waals surface area contributed by atoms with Crippen LogP contribution in [0.25, 0.3) is 10.9 Å². The Hall–Kier alpha value is -6.07. The van der Waals surface area contributed by atoms with E-state index in [1.54, 1.807) is 25.3 Å². The first-order chi connectivity index (χ1) is 26.0. The Kier molecular flexibility index (Phi) is 9.91. The van der Waals surface area contributed by atoms with Crippen molar-refractivity contribution in [2.24, 2.45) is 4.99 Å². The number of aromatic nitrogens is 3. The summed E-state index contributed by atoms with van der Waals surface area (Å²) in [4.78, 5) is 59.7. The Morgan fingerprint density at radius 1 is 1.02 bits per heavy atom. The number of aromatic amines is 1. The number of hydrogen-bond donors (Lipinski definition) is 3. The summed E-state index contributed by atoms with van der Waals surface area (Å²) in [7, 11) is 4.61. The number of aliphatic imine (C=N–C) groups is 1. The van der Waals surface area contributed by atoms with Crippen LogP contribution in [0.2, 0.25) is 0 Å². The molecule has 2 aromatic heterocycles. The zero-order valence-electron chi connectivity index (χ0n) is 29.4. The number of nitrogens with two attached hydrogens (primary N) is 1. The number of rotatable bonds is 10. The van der Waals surface area contributed by atoms with E-state index >= 15 is 4.39 Å². The maximum absolute atomic E-state index is 15.3. The number of nitrogens with zero attached hydrogens (tertiary/aromatic N) is 6. The van der Waals surface area contributed by atoms with Crippen LogP contribution in [0.3, 0.4) is 0 Å². The van der Waals surface area contributed by atoms with E-state index in [9.17, 15) is 19.5 Å². The molecule has 1 amide bonds. The zero-order chi connectivity index (χ0) is 38.3. The van der Waals surface area contributed by atoms with Crippen molar-refractivity contribution >= 4 is 67.6 Å². The van der Waals surface area contributed by atoms with Gasteiger partial charge in [-0.2, -0.15) is 4.98 Å². The van der Waals surface area contributed by atoms with E-state index in [0.717, 1.165) is 22.3 Å². The molecule has 2 aliphatic rings. The number of piperazine rings is 1. The van der Waals surface area contributed by atoms with E-state index in [0.29, 0.717) is 72.2 Å². The Balaban J connectivity index is 1.08. The van der Waals surface area contributed by atoms with Gasteiger partial charge in [0.25, 0.3) is 11.9 Å². The van der Waals surface area contributed by atoms with Crippen LogP contribution in [0, 0.1) is 5.82 Å². The monoisotopic (exact) mass is 800 g/mol. The van der Waals surface area contributed by atoms with Crippen LogP contribution in [-0.4, -0.2) is 96.7 Å². The second-order valence-electron chi connectivity index (χ2n) is 12.6. The van der Waals surface area contributed by atoms with Crippen LogP contribution < -0.4 is 35.2 Å². The molecular formula is C37H34BrFN8O7. The number of benzene rings is 3. The number of carbonyl (C=O) groups is 2. The minimum atomic E-state index is -1.39. The van der Waals surface area contributed by atoms with Crippen molar-refractivity contribution in [1.29, 1.82) is 0 Å². The molecule has 0 bridgehead atoms. The van der Waals surface area contributed by atoms with Gasteiger partial charge >= 0.3 is 5.97 Å². The minimum absolute atomic E-state index is 0.0313. The van der Waals surface area contributed by atoms with Crippen LogP contribution >= 0.6 is 15.9 Å². The predicted octanol–water partition coefficient (Wildman–Crippen LogP) is 4.36. The van der Waals surface area contributed by atoms with Gasteiger partial charge in [0.2, 0.25) is 11.2 Å². The van der Waals surface area contributed by atoms with E-state index in [1.807, 2.05) is 35.2 Å². The Bertz CT molecular complexity index is 2390. The lowest BCUT2D eigenvalue weighted by Crippen LogP contribution is -2.51. The third-order valence-electron chi connectivity index (χ3n) is 9.40. The number of carboxylic acids is 1. The third-order valence-corrected chi connectivity index (χ3v) is 9.89. The molecule has 0 radical (unpaired) electrons. The SMILES string of the molecule is COc1cc(Cc2cnc(/N=C3/C(=O)N(CN4CCN(c5cc6[nH]cc(C(=O)O)c(=O)c6cc5F)CC4)c4ccc(Br)cc43)nc2N)cc(OC)c1OC. The van der Waals surface area contributed by atoms with E-state index in [4.69, 9.17) is 19.9 Å². The fourth-order valence-electron chi connectivity index (χ4n) is 6.65. The number of aromatic carboxylic acids is 1. The molecule has 17 heteroatoms. The second-order valence-corrected chi connectivity index (χ2v) is 13.5. The standard InChI is InChI=1S/C37H34BrFN8O7/c1-52-29-11-19(12-30(53-2)33(29)54-3)10-20-16-42-37(44-34(20)40)43-31-23-13-21(38)4-5-27(23)47(35(31)49)18-45-6-8-46(9-7-45)28-15-26-22(14-25(28)39)32(48)24(17-41-26)36(50)51/h4-5,11-17H,6-10,18H2,1-3H3,(H,41,48)(H,50,51)(H2,40,42,44)/b43-31+. The molecule has 0 atom stereocenters. The van der Waals surface area contributed by atoms with Crippen molar-refractivity contribution in [3.63, 3.8) is 0 Å². The second kappa shape index (κ2) is 14.7. The number of nitrogen functional groups attached to an aromatic ring is 1. The quantitative estimate of drug-likeness (QED) is 0.181. The fourth-order valence-corrected chi connectivity index (χ4v) is 7.01. The molecule has 54 heavy (non-hydrogen) atoms. The molecule has 0 saturated carbocycles. The van der Waals surface area contributed by atoms with E-state index < -0.39 is 22.8 Å². The number of hydrogen-bond acceptors (Lipinski definition) is 12. The number of amides is 1. The average Bonchev–Trinajstić information content (AvgIpc) is 3.40. The van der Waals surface area contributed by atoms with Crippen molar-refractivity contribution < 1.29 is 33.3 Å². The summed E-state index contributed by atoms with van der Waals surface area (Å²) in [6, 6.07) is 11.7. The normalized spacial score (nSPS) is 15.2. The van der Waals surface area contributed by atoms with Gasteiger partial charge in [0.15, 0.2) is 11.5 Å². The molecule has 1 fully saturated rings. The fraction of sp³-hybridized carbons (Fsp3) is 0.243. The molecule has 1 saturated heterocycles. The van der Waals surface area contributed by atoms with Crippen molar-refractivity contribution in [2.75, 3.05) is 69.7 Å². The van der Waals surface area contributed by atoms with Gasteiger partial charge in [0, 0.05) is 66.0 Å². The molecule has 0 aliphatic carbocycles. The molecule has 2 aliphatic heterocycles. The number of carbonyl (C=O) groups excluding carboxylic acids is 1. The number of halogens is 2. The summed E-state index contributed by atoms with van der Waals surface area (Å²) in [6.07, 6.45) is 3.06. The summed E-state index contributed by atoms with van der Waals surface area (Å²) in [5.41, 5.74) is 8.70. The summed E-state index contributed by atoms with van der Waals surface area (Å²) >= 11 is 3.51. The van der Waals surface area contributed by atoms with Crippen LogP contribution in [0.4, 0.5) is 27.5 Å². The van der Waals surface area contributed by atoms with E-state index in [1.165, 1.54) is 13.2 Å². The number of nitrogens with one attached hydrogen (secondary N) is 1. The van der Waals surface area contributed by atoms with E-state index in [2.05, 4.69) is 40.8 Å². The number of anilines is 3. The largest absolute Gasteiger partial charge is 0.493 e. The maximum Gasteiger partial charge on any atom is 0.341 e. The molecule has 5 aromatic rings. The van der Waals surface area contributed by atoms with Crippen LogP contribution in [0.1, 0.15) is 27.0 Å². The van der Waals surface area contributed by atoms with Gasteiger partial charge in [-0.1, -0.05) is 15.9 Å². The third kappa shape index (κ3) is 6.78. The molecule has 7 rings (SSSR count). The first-order valence-electron chi connectivity index (χ1n) is 16.7. The number of pyridine rings is 1. The lowest BCUT2D eigenvalue weighted by molar-refractivity contribution is -0.112. The van der Waals surface area contributed by atoms with Gasteiger partial charge in [0.05, 0.1) is 44.9 Å². The molecule has 0 unspecified atom stereocenters. The maximum atomic E-state index is 15.3. The van der Waals surface area contributed by atoms with Gasteiger partial charge in [0.1, 0.15) is 22.9 Å². The van der Waals surface area contributed by atoms with Crippen molar-refractivity contribution in [3.05, 3.63) is 97.6 Å². The Morgan fingerprint density at radius 2 is 1.74 bits per heavy atom. The highest BCUT2D eigenvalue weighted by Gasteiger charge is 2.36. The first-order valence-corrected chi connectivity index (χ1v) is 17.4. The topological polar surface area (TPSA) is 189 Å². The lowest BCUT2D eigenvalue weighted by Gasteiger charge is -2.37. The van der Waals surface area contributed by atoms with Gasteiger partial charge in [-0.25, -0.2) is 19.2 Å². The van der Waals surface area contributed by atoms with Crippen LogP contribution in [0.15, 0.2) is 69.1 Å². The highest BCUT2D eigenvalue weighted by molar-refractivity contribution is 9.10. The van der Waals surface area contributed by atoms with Crippen molar-refractivity contribution in [3.8, 4) is 17.2 Å². The summed E-state index contributed by atoms with van der Waals surface area (Å²) < 4.78 is 32.4. The number of H-pyrrole nitrogens is 1. The van der Waals surface area contributed by atoms with Crippen LogP contribution in [0.5, 0.6) is 17.2 Å². The Morgan fingerprint density at radius 3 is 2.39 bits per heavy atom. The molecule has 3 aromatic carbocycles. The average molecular weight is 802 g/mol. The number of fused-ring (bicyclic) bond motifs is 2. The number of ether oxygens (including phenoxy) is 3. The number of carboxylic acid groups (broad SMARTS) is 1. The van der Waals surface area contributed by atoms with Gasteiger partial charge in [-0.05, 0) is 48.0 Å². The minimum Gasteiger partial charge on any atom is -0.493 e. The summed E-state index contributed by atoms with van der Waals surface area (Å²) in [5, 5.41) is 9.23. The molecule has 4 heterocycles. The first kappa shape index (κ1) is 36.3. The molecule has 15 nitrogen and oxygen atoms in total. The Labute approximate surface area is 315 Å². The van der Waals surface area contributed by atoms with Crippen LogP contribution in [-0.2, 0) is 11.2 Å². The molecule has 4 N–H and O–H groups in total. The zero-order valence-corrected chi connectivity index (χ0v) is 30.9. The smallest absolute Gasteiger partial charge is 0.341 e. The van der Waals surface area contributed by atoms with Gasteiger partial charge < -0.3 is 34.9 Å². The highest BCUT2D eigenvalue weighted by Crippen LogP contribution is 2.39. The summed E-state index contributed by atoms with van der Waals surface area (Å²) in [6.45, 7) is 2.13. The highest BCUT2D eigenvalue weighted by atomic mass is 79.9. The van der Waals surface area contributed by atoms with Gasteiger partial charge in [-0.3, -0.25) is 19.4 Å². The molecular weight excluding hydrogens is 767 g/mol.